The molecule has 0 bridgehead atoms. The number of halogens is 3. The first-order valence-corrected chi connectivity index (χ1v) is 5.26. The first kappa shape index (κ1) is 10.2. The maximum absolute atomic E-state index is 12.7. The van der Waals surface area contributed by atoms with E-state index in [0.29, 0.717) is 12.1 Å². The number of hydrogen-bond acceptors (Lipinski definition) is 3. The zero-order valence-corrected chi connectivity index (χ0v) is 7.53. The van der Waals surface area contributed by atoms with Crippen LogP contribution in [-0.2, 0) is 9.05 Å². The molecule has 1 rings (SSSR count). The second-order valence-electron chi connectivity index (χ2n) is 2.17. The highest BCUT2D eigenvalue weighted by Crippen LogP contribution is 2.25. The lowest BCUT2D eigenvalue weighted by Gasteiger charge is -2.00. The SMILES string of the molecule is O=S(=O)(Cl)c1cc(F)c(O)cc1F. The van der Waals surface area contributed by atoms with Crippen molar-refractivity contribution in [1.29, 1.82) is 0 Å². The Balaban J connectivity index is 3.50. The Bertz CT molecular complexity index is 443. The summed E-state index contributed by atoms with van der Waals surface area (Å²) in [5.41, 5.74) is 0. The molecule has 0 saturated heterocycles. The van der Waals surface area contributed by atoms with E-state index in [2.05, 4.69) is 0 Å². The standard InChI is InChI=1S/C6H3ClF2O3S/c7-13(11,12)6-2-3(8)5(10)1-4(6)9/h1-2,10H. The molecule has 0 aliphatic rings. The van der Waals surface area contributed by atoms with Crippen LogP contribution >= 0.6 is 10.7 Å². The summed E-state index contributed by atoms with van der Waals surface area (Å²) in [6.45, 7) is 0. The Morgan fingerprint density at radius 2 is 1.77 bits per heavy atom. The maximum Gasteiger partial charge on any atom is 0.264 e. The molecule has 0 spiro atoms. The van der Waals surface area contributed by atoms with Crippen LogP contribution in [0.15, 0.2) is 17.0 Å². The predicted octanol–water partition coefficient (Wildman–Crippen LogP) is 1.60. The quantitative estimate of drug-likeness (QED) is 0.743. The number of rotatable bonds is 1. The summed E-state index contributed by atoms with van der Waals surface area (Å²) in [5.74, 6) is -3.52. The van der Waals surface area contributed by atoms with E-state index in [-0.39, 0.29) is 0 Å². The molecule has 0 saturated carbocycles. The second kappa shape index (κ2) is 3.12. The molecule has 0 aromatic heterocycles. The molecule has 1 aromatic rings. The van der Waals surface area contributed by atoms with Crippen molar-refractivity contribution in [3.8, 4) is 5.75 Å². The number of benzene rings is 1. The van der Waals surface area contributed by atoms with Crippen LogP contribution in [0.1, 0.15) is 0 Å². The predicted molar refractivity (Wildman–Crippen MR) is 41.1 cm³/mol. The van der Waals surface area contributed by atoms with Crippen LogP contribution < -0.4 is 0 Å². The summed E-state index contributed by atoms with van der Waals surface area (Å²) < 4.78 is 46.5. The minimum Gasteiger partial charge on any atom is -0.505 e. The molecule has 0 radical (unpaired) electrons. The second-order valence-corrected chi connectivity index (χ2v) is 4.71. The van der Waals surface area contributed by atoms with Gasteiger partial charge in [-0.05, 0) is 0 Å². The van der Waals surface area contributed by atoms with Crippen LogP contribution in [0.25, 0.3) is 0 Å². The van der Waals surface area contributed by atoms with Gasteiger partial charge in [-0.1, -0.05) is 0 Å². The molecule has 3 nitrogen and oxygen atoms in total. The number of hydrogen-bond donors (Lipinski definition) is 1. The average Bonchev–Trinajstić information content (AvgIpc) is 1.94. The highest BCUT2D eigenvalue weighted by molar-refractivity contribution is 8.13. The molecule has 0 fully saturated rings. The van der Waals surface area contributed by atoms with E-state index in [1.165, 1.54) is 0 Å². The zero-order valence-electron chi connectivity index (χ0n) is 5.96. The number of phenolic OH excluding ortho intramolecular Hbond substituents is 1. The van der Waals surface area contributed by atoms with Gasteiger partial charge in [-0.3, -0.25) is 0 Å². The van der Waals surface area contributed by atoms with E-state index in [0.717, 1.165) is 0 Å². The average molecular weight is 229 g/mol. The lowest BCUT2D eigenvalue weighted by atomic mass is 10.3. The fourth-order valence-electron chi connectivity index (χ4n) is 0.705. The Morgan fingerprint density at radius 1 is 1.23 bits per heavy atom. The van der Waals surface area contributed by atoms with E-state index in [1.807, 2.05) is 0 Å². The summed E-state index contributed by atoms with van der Waals surface area (Å²) in [5, 5.41) is 8.64. The molecular weight excluding hydrogens is 226 g/mol. The maximum atomic E-state index is 12.7. The van der Waals surface area contributed by atoms with Crippen molar-refractivity contribution in [3.05, 3.63) is 23.8 Å². The summed E-state index contributed by atoms with van der Waals surface area (Å²) in [6.07, 6.45) is 0. The molecule has 1 aromatic carbocycles. The van der Waals surface area contributed by atoms with Gasteiger partial charge in [-0.2, -0.15) is 0 Å². The minimum atomic E-state index is -4.33. The van der Waals surface area contributed by atoms with Crippen molar-refractivity contribution in [2.75, 3.05) is 0 Å². The van der Waals surface area contributed by atoms with Crippen LogP contribution in [0.2, 0.25) is 0 Å². The lowest BCUT2D eigenvalue weighted by Crippen LogP contribution is -1.96. The van der Waals surface area contributed by atoms with Gasteiger partial charge in [0.25, 0.3) is 9.05 Å². The molecule has 0 aliphatic heterocycles. The van der Waals surface area contributed by atoms with Gasteiger partial charge in [-0.15, -0.1) is 0 Å². The lowest BCUT2D eigenvalue weighted by molar-refractivity contribution is 0.422. The van der Waals surface area contributed by atoms with E-state index >= 15 is 0 Å². The fraction of sp³-hybridized carbons (Fsp3) is 0. The highest BCUT2D eigenvalue weighted by atomic mass is 35.7. The largest absolute Gasteiger partial charge is 0.505 e. The molecule has 0 amide bonds. The topological polar surface area (TPSA) is 54.4 Å². The molecule has 1 N–H and O–H groups in total. The van der Waals surface area contributed by atoms with Crippen molar-refractivity contribution < 1.29 is 22.3 Å². The Morgan fingerprint density at radius 3 is 2.23 bits per heavy atom. The molecule has 72 valence electrons. The Labute approximate surface area is 77.0 Å². The monoisotopic (exact) mass is 228 g/mol. The van der Waals surface area contributed by atoms with E-state index in [9.17, 15) is 17.2 Å². The molecule has 13 heavy (non-hydrogen) atoms. The highest BCUT2D eigenvalue weighted by Gasteiger charge is 2.19. The first-order valence-electron chi connectivity index (χ1n) is 2.95. The van der Waals surface area contributed by atoms with Gasteiger partial charge in [0.1, 0.15) is 10.7 Å². The van der Waals surface area contributed by atoms with Crippen molar-refractivity contribution in [2.45, 2.75) is 4.90 Å². The van der Waals surface area contributed by atoms with Crippen LogP contribution in [0.4, 0.5) is 8.78 Å². The third-order valence-corrected chi connectivity index (χ3v) is 2.60. The van der Waals surface area contributed by atoms with Crippen LogP contribution in [0, 0.1) is 11.6 Å². The summed E-state index contributed by atoms with van der Waals surface area (Å²) >= 11 is 0. The van der Waals surface area contributed by atoms with Gasteiger partial charge in [0.05, 0.1) is 0 Å². The zero-order chi connectivity index (χ0) is 10.2. The van der Waals surface area contributed by atoms with Crippen molar-refractivity contribution in [1.82, 2.24) is 0 Å². The fourth-order valence-corrected chi connectivity index (χ4v) is 1.60. The minimum absolute atomic E-state index is 0.312. The van der Waals surface area contributed by atoms with Crippen LogP contribution in [-0.4, -0.2) is 13.5 Å². The van der Waals surface area contributed by atoms with Gasteiger partial charge < -0.3 is 5.11 Å². The van der Waals surface area contributed by atoms with Gasteiger partial charge in [0, 0.05) is 22.8 Å². The Hall–Kier alpha value is -0.880. The van der Waals surface area contributed by atoms with E-state index in [4.69, 9.17) is 15.8 Å². The molecule has 0 heterocycles. The third kappa shape index (κ3) is 2.07. The number of phenols is 1. The van der Waals surface area contributed by atoms with E-state index < -0.39 is 31.3 Å². The molecule has 0 unspecified atom stereocenters. The first-order chi connectivity index (χ1) is 5.82. The van der Waals surface area contributed by atoms with Crippen molar-refractivity contribution in [2.24, 2.45) is 0 Å². The normalized spacial score (nSPS) is 11.6. The molecule has 0 atom stereocenters. The van der Waals surface area contributed by atoms with Crippen molar-refractivity contribution in [3.63, 3.8) is 0 Å². The Kier molecular flexibility index (Phi) is 2.44. The molecular formula is C6H3ClF2O3S. The molecule has 7 heteroatoms. The smallest absolute Gasteiger partial charge is 0.264 e. The van der Waals surface area contributed by atoms with Crippen LogP contribution in [0.3, 0.4) is 0 Å². The summed E-state index contributed by atoms with van der Waals surface area (Å²) in [4.78, 5) is -0.996. The summed E-state index contributed by atoms with van der Waals surface area (Å²) in [6, 6.07) is 0.650. The third-order valence-electron chi connectivity index (χ3n) is 1.26. The van der Waals surface area contributed by atoms with Gasteiger partial charge in [-0.25, -0.2) is 17.2 Å². The number of aromatic hydroxyl groups is 1. The molecule has 0 aliphatic carbocycles. The van der Waals surface area contributed by atoms with Crippen LogP contribution in [0.5, 0.6) is 5.75 Å². The van der Waals surface area contributed by atoms with E-state index in [1.54, 1.807) is 0 Å². The van der Waals surface area contributed by atoms with Gasteiger partial charge in [0.2, 0.25) is 0 Å². The van der Waals surface area contributed by atoms with Gasteiger partial charge >= 0.3 is 0 Å². The van der Waals surface area contributed by atoms with Gasteiger partial charge in [0.15, 0.2) is 11.6 Å². The summed E-state index contributed by atoms with van der Waals surface area (Å²) in [7, 11) is 0.445. The van der Waals surface area contributed by atoms with Crippen molar-refractivity contribution >= 4 is 19.7 Å².